The van der Waals surface area contributed by atoms with Gasteiger partial charge in [-0.15, -0.1) is 16.8 Å². The Morgan fingerprint density at radius 3 is 2.48 bits per heavy atom. The molecule has 1 aromatic heterocycles. The van der Waals surface area contributed by atoms with E-state index in [4.69, 9.17) is 4.74 Å². The Bertz CT molecular complexity index is 916. The molecule has 0 atom stereocenters. The molecule has 0 amide bonds. The quantitative estimate of drug-likeness (QED) is 0.395. The van der Waals surface area contributed by atoms with Gasteiger partial charge in [-0.1, -0.05) is 65.4 Å². The highest BCUT2D eigenvalue weighted by Crippen LogP contribution is 2.24. The Kier molecular flexibility index (Phi) is 6.35. The molecule has 0 bridgehead atoms. The van der Waals surface area contributed by atoms with Crippen LogP contribution in [0.1, 0.15) is 28.1 Å². The molecule has 0 fully saturated rings. The molecule has 27 heavy (non-hydrogen) atoms. The van der Waals surface area contributed by atoms with E-state index in [0.717, 1.165) is 28.0 Å². The zero-order chi connectivity index (χ0) is 19.2. The Hall–Kier alpha value is -2.53. The molecule has 0 spiro atoms. The number of thioether (sulfide) groups is 1. The summed E-state index contributed by atoms with van der Waals surface area (Å²) >= 11 is 1.68. The van der Waals surface area contributed by atoms with E-state index in [9.17, 15) is 0 Å². The third-order valence-corrected chi connectivity index (χ3v) is 5.32. The molecule has 0 saturated carbocycles. The van der Waals surface area contributed by atoms with Crippen LogP contribution >= 0.6 is 11.8 Å². The second-order valence-corrected chi connectivity index (χ2v) is 7.57. The van der Waals surface area contributed by atoms with Gasteiger partial charge in [0.05, 0.1) is 0 Å². The molecule has 0 aliphatic carbocycles. The molecule has 0 saturated heterocycles. The van der Waals surface area contributed by atoms with E-state index in [1.165, 1.54) is 16.7 Å². The summed E-state index contributed by atoms with van der Waals surface area (Å²) in [6, 6.07) is 14.8. The van der Waals surface area contributed by atoms with Crippen LogP contribution in [0.5, 0.6) is 5.75 Å². The van der Waals surface area contributed by atoms with Crippen LogP contribution in [0.2, 0.25) is 0 Å². The predicted molar refractivity (Wildman–Crippen MR) is 111 cm³/mol. The molecule has 1 heterocycles. The average Bonchev–Trinajstić information content (AvgIpc) is 3.03. The van der Waals surface area contributed by atoms with Crippen molar-refractivity contribution in [1.82, 2.24) is 14.8 Å². The Balaban J connectivity index is 1.70. The van der Waals surface area contributed by atoms with Crippen LogP contribution in [0.3, 0.4) is 0 Å². The van der Waals surface area contributed by atoms with Gasteiger partial charge in [0.1, 0.15) is 12.4 Å². The minimum atomic E-state index is 0.385. The molecule has 0 N–H and O–H groups in total. The van der Waals surface area contributed by atoms with Crippen molar-refractivity contribution in [2.45, 2.75) is 44.8 Å². The van der Waals surface area contributed by atoms with Gasteiger partial charge in [0.25, 0.3) is 0 Å². The fourth-order valence-electron chi connectivity index (χ4n) is 2.78. The smallest absolute Gasteiger partial charge is 0.191 e. The Morgan fingerprint density at radius 2 is 1.78 bits per heavy atom. The molecule has 140 valence electrons. The van der Waals surface area contributed by atoms with Crippen LogP contribution in [0, 0.1) is 20.8 Å². The Morgan fingerprint density at radius 1 is 1.04 bits per heavy atom. The summed E-state index contributed by atoms with van der Waals surface area (Å²) in [5, 5.41) is 9.59. The number of nitrogens with zero attached hydrogens (tertiary/aromatic N) is 3. The second-order valence-electron chi connectivity index (χ2n) is 6.63. The number of hydrogen-bond acceptors (Lipinski definition) is 4. The fourth-order valence-corrected chi connectivity index (χ4v) is 3.70. The van der Waals surface area contributed by atoms with Crippen molar-refractivity contribution in [1.29, 1.82) is 0 Å². The van der Waals surface area contributed by atoms with Crippen LogP contribution in [0.25, 0.3) is 0 Å². The lowest BCUT2D eigenvalue weighted by molar-refractivity contribution is 0.287. The highest BCUT2D eigenvalue weighted by Gasteiger charge is 2.13. The topological polar surface area (TPSA) is 39.9 Å². The maximum atomic E-state index is 5.99. The van der Waals surface area contributed by atoms with Crippen molar-refractivity contribution in [3.8, 4) is 5.75 Å². The first-order valence-corrected chi connectivity index (χ1v) is 9.96. The monoisotopic (exact) mass is 379 g/mol. The summed E-state index contributed by atoms with van der Waals surface area (Å²) in [7, 11) is 0. The number of aryl methyl sites for hydroxylation is 3. The van der Waals surface area contributed by atoms with Gasteiger partial charge in [-0.25, -0.2) is 0 Å². The number of rotatable bonds is 8. The van der Waals surface area contributed by atoms with Gasteiger partial charge in [0.2, 0.25) is 0 Å². The molecule has 2 aromatic carbocycles. The minimum absolute atomic E-state index is 0.385. The Labute approximate surface area is 165 Å². The first-order chi connectivity index (χ1) is 13.1. The molecular formula is C22H25N3OS. The van der Waals surface area contributed by atoms with Crippen molar-refractivity contribution in [2.75, 3.05) is 0 Å². The highest BCUT2D eigenvalue weighted by atomic mass is 32.2. The third-order valence-electron chi connectivity index (χ3n) is 4.28. The lowest BCUT2D eigenvalue weighted by Gasteiger charge is -2.11. The van der Waals surface area contributed by atoms with Gasteiger partial charge in [-0.3, -0.25) is 4.57 Å². The fraction of sp³-hybridized carbons (Fsp3) is 0.273. The average molecular weight is 380 g/mol. The minimum Gasteiger partial charge on any atom is -0.485 e. The summed E-state index contributed by atoms with van der Waals surface area (Å²) in [5.74, 6) is 2.54. The number of ether oxygens (including phenoxy) is 1. The van der Waals surface area contributed by atoms with Crippen LogP contribution in [0.4, 0.5) is 0 Å². The molecule has 0 radical (unpaired) electrons. The van der Waals surface area contributed by atoms with Crippen LogP contribution in [0.15, 0.2) is 60.3 Å². The molecule has 5 heteroatoms. The van der Waals surface area contributed by atoms with E-state index >= 15 is 0 Å². The van der Waals surface area contributed by atoms with Crippen molar-refractivity contribution in [3.63, 3.8) is 0 Å². The van der Waals surface area contributed by atoms with Crippen LogP contribution in [-0.2, 0) is 18.9 Å². The number of hydrogen-bond donors (Lipinski definition) is 0. The summed E-state index contributed by atoms with van der Waals surface area (Å²) < 4.78 is 8.05. The molecule has 3 aromatic rings. The van der Waals surface area contributed by atoms with Crippen molar-refractivity contribution in [2.24, 2.45) is 0 Å². The van der Waals surface area contributed by atoms with Crippen molar-refractivity contribution >= 4 is 11.8 Å². The van der Waals surface area contributed by atoms with Gasteiger partial charge in [0, 0.05) is 12.3 Å². The first-order valence-electron chi connectivity index (χ1n) is 8.98. The number of benzene rings is 2. The number of allylic oxidation sites excluding steroid dienone is 1. The summed E-state index contributed by atoms with van der Waals surface area (Å²) in [6.07, 6.45) is 1.86. The zero-order valence-electron chi connectivity index (χ0n) is 16.1. The second kappa shape index (κ2) is 8.91. The van der Waals surface area contributed by atoms with E-state index < -0.39 is 0 Å². The summed E-state index contributed by atoms with van der Waals surface area (Å²) in [6.45, 7) is 11.1. The van der Waals surface area contributed by atoms with E-state index in [1.54, 1.807) is 11.8 Å². The standard InChI is InChI=1S/C22H25N3OS/c1-5-12-25-21(14-26-20-11-8-17(3)13-18(20)4)23-24-22(25)27-15-19-9-6-16(2)7-10-19/h5-11,13H,1,12,14-15H2,2-4H3. The summed E-state index contributed by atoms with van der Waals surface area (Å²) in [4.78, 5) is 0. The molecular weight excluding hydrogens is 354 g/mol. The lowest BCUT2D eigenvalue weighted by Crippen LogP contribution is -2.08. The zero-order valence-corrected chi connectivity index (χ0v) is 16.9. The van der Waals surface area contributed by atoms with Gasteiger partial charge in [-0.05, 0) is 38.0 Å². The molecule has 0 unspecified atom stereocenters. The molecule has 0 aliphatic heterocycles. The van der Waals surface area contributed by atoms with Crippen molar-refractivity contribution < 1.29 is 4.74 Å². The van der Waals surface area contributed by atoms with Gasteiger partial charge in [-0.2, -0.15) is 0 Å². The van der Waals surface area contributed by atoms with Crippen molar-refractivity contribution in [3.05, 3.63) is 83.2 Å². The maximum absolute atomic E-state index is 5.99. The normalized spacial score (nSPS) is 10.8. The van der Waals surface area contributed by atoms with E-state index in [0.29, 0.717) is 13.2 Å². The lowest BCUT2D eigenvalue weighted by atomic mass is 10.1. The van der Waals surface area contributed by atoms with Crippen LogP contribution < -0.4 is 4.74 Å². The van der Waals surface area contributed by atoms with Gasteiger partial charge in [0.15, 0.2) is 11.0 Å². The highest BCUT2D eigenvalue weighted by molar-refractivity contribution is 7.98. The largest absolute Gasteiger partial charge is 0.485 e. The SMILES string of the molecule is C=CCn1c(COc2ccc(C)cc2C)nnc1SCc1ccc(C)cc1. The number of aromatic nitrogens is 3. The summed E-state index contributed by atoms with van der Waals surface area (Å²) in [5.41, 5.74) is 4.89. The van der Waals surface area contributed by atoms with Gasteiger partial charge < -0.3 is 4.74 Å². The predicted octanol–water partition coefficient (Wildman–Crippen LogP) is 5.26. The molecule has 3 rings (SSSR count). The van der Waals surface area contributed by atoms with E-state index in [2.05, 4.69) is 78.5 Å². The molecule has 4 nitrogen and oxygen atoms in total. The van der Waals surface area contributed by atoms with Gasteiger partial charge >= 0.3 is 0 Å². The maximum Gasteiger partial charge on any atom is 0.191 e. The third kappa shape index (κ3) is 5.01. The molecule has 0 aliphatic rings. The van der Waals surface area contributed by atoms with E-state index in [-0.39, 0.29) is 0 Å². The first kappa shape index (κ1) is 19.2. The van der Waals surface area contributed by atoms with E-state index in [1.807, 2.05) is 12.1 Å². The van der Waals surface area contributed by atoms with Crippen LogP contribution in [-0.4, -0.2) is 14.8 Å².